The fourth-order valence-corrected chi connectivity index (χ4v) is 2.19. The van der Waals surface area contributed by atoms with Crippen LogP contribution in [-0.2, 0) is 0 Å². The summed E-state index contributed by atoms with van der Waals surface area (Å²) in [6.45, 7) is 1.90. The van der Waals surface area contributed by atoms with Crippen LogP contribution in [0.2, 0.25) is 0 Å². The largest absolute Gasteiger partial charge is 0.434 e. The Kier molecular flexibility index (Phi) is 5.22. The molecule has 0 saturated carbocycles. The number of nitrogens with zero attached hydrogens (tertiary/aromatic N) is 3. The van der Waals surface area contributed by atoms with Gasteiger partial charge in [-0.15, -0.1) is 0 Å². The van der Waals surface area contributed by atoms with Crippen LogP contribution in [0.3, 0.4) is 0 Å². The normalized spacial score (nSPS) is 10.1. The minimum absolute atomic E-state index is 0.193. The molecular weight excluding hydrogens is 350 g/mol. The lowest BCUT2D eigenvalue weighted by molar-refractivity contribution is -0.385. The number of anilines is 1. The van der Waals surface area contributed by atoms with Crippen molar-refractivity contribution in [2.75, 3.05) is 5.43 Å². The number of aromatic nitrogens is 2. The summed E-state index contributed by atoms with van der Waals surface area (Å²) in [5.41, 5.74) is 5.75. The zero-order chi connectivity index (χ0) is 19.2. The van der Waals surface area contributed by atoms with E-state index in [2.05, 4.69) is 20.8 Å². The lowest BCUT2D eigenvalue weighted by Crippen LogP contribution is -2.30. The van der Waals surface area contributed by atoms with E-state index in [4.69, 9.17) is 4.74 Å². The lowest BCUT2D eigenvalue weighted by atomic mass is 10.1. The van der Waals surface area contributed by atoms with Gasteiger partial charge in [-0.1, -0.05) is 35.9 Å². The number of aryl methyl sites for hydroxylation is 1. The molecule has 9 nitrogen and oxygen atoms in total. The maximum absolute atomic E-state index is 12.2. The number of carbonyl (C=O) groups excluding carboxylic acids is 1. The zero-order valence-electron chi connectivity index (χ0n) is 14.2. The van der Waals surface area contributed by atoms with Crippen LogP contribution in [-0.4, -0.2) is 20.8 Å². The molecule has 2 N–H and O–H groups in total. The predicted molar refractivity (Wildman–Crippen MR) is 97.5 cm³/mol. The van der Waals surface area contributed by atoms with Gasteiger partial charge in [-0.3, -0.25) is 25.8 Å². The van der Waals surface area contributed by atoms with E-state index in [-0.39, 0.29) is 11.7 Å². The highest BCUT2D eigenvalue weighted by Crippen LogP contribution is 2.33. The molecule has 0 bridgehead atoms. The van der Waals surface area contributed by atoms with Crippen molar-refractivity contribution in [1.29, 1.82) is 0 Å². The molecule has 0 spiro atoms. The second-order valence-electron chi connectivity index (χ2n) is 5.49. The predicted octanol–water partition coefficient (Wildman–Crippen LogP) is 3.24. The second-order valence-corrected chi connectivity index (χ2v) is 5.49. The topological polar surface area (TPSA) is 119 Å². The summed E-state index contributed by atoms with van der Waals surface area (Å²) in [6, 6.07) is 15.4. The van der Waals surface area contributed by atoms with Gasteiger partial charge in [0, 0.05) is 5.56 Å². The molecule has 0 unspecified atom stereocenters. The Labute approximate surface area is 154 Å². The highest BCUT2D eigenvalue weighted by atomic mass is 16.6. The second kappa shape index (κ2) is 7.91. The molecule has 0 saturated heterocycles. The van der Waals surface area contributed by atoms with Crippen molar-refractivity contribution in [2.45, 2.75) is 6.92 Å². The third-order valence-electron chi connectivity index (χ3n) is 3.54. The monoisotopic (exact) mass is 365 g/mol. The van der Waals surface area contributed by atoms with Crippen molar-refractivity contribution >= 4 is 17.4 Å². The summed E-state index contributed by atoms with van der Waals surface area (Å²) >= 11 is 0. The molecule has 0 radical (unpaired) electrons. The number of benzene rings is 2. The number of hydrazine groups is 1. The standard InChI is InChI=1S/C18H15N5O4/c1-12-7-9-13(10-8-12)17(24)22-21-16-15(23(25)26)18(20-11-19-16)27-14-5-3-2-4-6-14/h2-11H,1H3,(H,22,24)(H,19,20,21). The number of rotatable bonds is 6. The van der Waals surface area contributed by atoms with Crippen molar-refractivity contribution in [3.8, 4) is 11.6 Å². The van der Waals surface area contributed by atoms with Gasteiger partial charge in [-0.05, 0) is 31.2 Å². The average Bonchev–Trinajstić information content (AvgIpc) is 2.67. The third-order valence-corrected chi connectivity index (χ3v) is 3.54. The summed E-state index contributed by atoms with van der Waals surface area (Å²) < 4.78 is 5.47. The molecule has 9 heteroatoms. The van der Waals surface area contributed by atoms with Gasteiger partial charge in [-0.25, -0.2) is 4.98 Å². The van der Waals surface area contributed by atoms with Gasteiger partial charge >= 0.3 is 11.6 Å². The first-order valence-electron chi connectivity index (χ1n) is 7.90. The minimum Gasteiger partial charge on any atom is -0.434 e. The molecule has 1 aromatic heterocycles. The highest BCUT2D eigenvalue weighted by Gasteiger charge is 2.25. The maximum atomic E-state index is 12.2. The fraction of sp³-hybridized carbons (Fsp3) is 0.0556. The van der Waals surface area contributed by atoms with Gasteiger partial charge in [0.15, 0.2) is 0 Å². The highest BCUT2D eigenvalue weighted by molar-refractivity contribution is 5.95. The van der Waals surface area contributed by atoms with E-state index in [0.29, 0.717) is 11.3 Å². The summed E-state index contributed by atoms with van der Waals surface area (Å²) in [5.74, 6) is -0.517. The van der Waals surface area contributed by atoms with Crippen LogP contribution in [0.4, 0.5) is 11.5 Å². The van der Waals surface area contributed by atoms with Crippen LogP contribution in [0.1, 0.15) is 15.9 Å². The maximum Gasteiger partial charge on any atom is 0.374 e. The quantitative estimate of drug-likeness (QED) is 0.508. The molecule has 1 heterocycles. The van der Waals surface area contributed by atoms with Crippen molar-refractivity contribution in [3.63, 3.8) is 0 Å². The molecule has 2 aromatic carbocycles. The Balaban J connectivity index is 1.80. The van der Waals surface area contributed by atoms with Crippen LogP contribution in [0, 0.1) is 17.0 Å². The van der Waals surface area contributed by atoms with Gasteiger partial charge in [0.25, 0.3) is 5.91 Å². The van der Waals surface area contributed by atoms with E-state index in [1.807, 2.05) is 6.92 Å². The smallest absolute Gasteiger partial charge is 0.374 e. The lowest BCUT2D eigenvalue weighted by Gasteiger charge is -2.10. The first-order chi connectivity index (χ1) is 13.0. The van der Waals surface area contributed by atoms with Crippen LogP contribution in [0.15, 0.2) is 60.9 Å². The van der Waals surface area contributed by atoms with Gasteiger partial charge < -0.3 is 4.74 Å². The first kappa shape index (κ1) is 17.8. The van der Waals surface area contributed by atoms with Crippen molar-refractivity contribution in [3.05, 3.63) is 82.2 Å². The van der Waals surface area contributed by atoms with Gasteiger partial charge in [0.1, 0.15) is 12.1 Å². The van der Waals surface area contributed by atoms with E-state index in [0.717, 1.165) is 11.9 Å². The summed E-state index contributed by atoms with van der Waals surface area (Å²) in [7, 11) is 0. The Hall–Kier alpha value is -4.01. The molecule has 0 aliphatic carbocycles. The average molecular weight is 365 g/mol. The Morgan fingerprint density at radius 1 is 1.07 bits per heavy atom. The molecule has 27 heavy (non-hydrogen) atoms. The Morgan fingerprint density at radius 3 is 2.44 bits per heavy atom. The molecule has 0 aliphatic heterocycles. The van der Waals surface area contributed by atoms with Crippen LogP contribution < -0.4 is 15.6 Å². The third kappa shape index (κ3) is 4.34. The van der Waals surface area contributed by atoms with Gasteiger partial charge in [-0.2, -0.15) is 4.98 Å². The molecule has 3 aromatic rings. The molecule has 0 atom stereocenters. The number of nitrogens with one attached hydrogen (secondary N) is 2. The number of amides is 1. The SMILES string of the molecule is Cc1ccc(C(=O)NNc2ncnc(Oc3ccccc3)c2[N+](=O)[O-])cc1. The van der Waals surface area contributed by atoms with E-state index in [9.17, 15) is 14.9 Å². The summed E-state index contributed by atoms with van der Waals surface area (Å²) in [5, 5.41) is 11.5. The van der Waals surface area contributed by atoms with Crippen molar-refractivity contribution in [1.82, 2.24) is 15.4 Å². The number of ether oxygens (including phenoxy) is 1. The van der Waals surface area contributed by atoms with E-state index >= 15 is 0 Å². The van der Waals surface area contributed by atoms with Gasteiger partial charge in [0.05, 0.1) is 4.92 Å². The van der Waals surface area contributed by atoms with E-state index < -0.39 is 16.5 Å². The molecular formula is C18H15N5O4. The van der Waals surface area contributed by atoms with Gasteiger partial charge in [0.2, 0.25) is 5.82 Å². The molecule has 136 valence electrons. The number of para-hydroxylation sites is 1. The number of carbonyl (C=O) groups is 1. The van der Waals surface area contributed by atoms with Crippen molar-refractivity contribution < 1.29 is 14.5 Å². The Morgan fingerprint density at radius 2 is 1.78 bits per heavy atom. The fourth-order valence-electron chi connectivity index (χ4n) is 2.19. The van der Waals surface area contributed by atoms with Crippen LogP contribution >= 0.6 is 0 Å². The molecule has 0 fully saturated rings. The zero-order valence-corrected chi connectivity index (χ0v) is 14.2. The molecule has 1 amide bonds. The number of hydrogen-bond acceptors (Lipinski definition) is 7. The van der Waals surface area contributed by atoms with E-state index in [1.54, 1.807) is 54.6 Å². The molecule has 0 aliphatic rings. The summed E-state index contributed by atoms with van der Waals surface area (Å²) in [6.07, 6.45) is 1.10. The van der Waals surface area contributed by atoms with E-state index in [1.165, 1.54) is 0 Å². The van der Waals surface area contributed by atoms with Crippen molar-refractivity contribution in [2.24, 2.45) is 0 Å². The van der Waals surface area contributed by atoms with Crippen LogP contribution in [0.5, 0.6) is 11.6 Å². The summed E-state index contributed by atoms with van der Waals surface area (Å²) in [4.78, 5) is 30.6. The minimum atomic E-state index is -0.682. The first-order valence-corrected chi connectivity index (χ1v) is 7.90. The Bertz CT molecular complexity index is 961. The van der Waals surface area contributed by atoms with Crippen LogP contribution in [0.25, 0.3) is 0 Å². The number of hydrogen-bond donors (Lipinski definition) is 2. The number of nitro groups is 1. The molecule has 3 rings (SSSR count).